The van der Waals surface area contributed by atoms with E-state index in [0.717, 1.165) is 54.9 Å². The first-order chi connectivity index (χ1) is 22.0. The van der Waals surface area contributed by atoms with Crippen molar-refractivity contribution in [3.63, 3.8) is 0 Å². The van der Waals surface area contributed by atoms with Gasteiger partial charge in [0.1, 0.15) is 17.9 Å². The van der Waals surface area contributed by atoms with E-state index in [1.54, 1.807) is 4.90 Å². The van der Waals surface area contributed by atoms with Gasteiger partial charge < -0.3 is 19.1 Å². The summed E-state index contributed by atoms with van der Waals surface area (Å²) < 4.78 is 19.6. The van der Waals surface area contributed by atoms with Crippen LogP contribution in [-0.4, -0.2) is 89.0 Å². The molecule has 45 heavy (non-hydrogen) atoms. The SMILES string of the molecule is O=C1CC[C@H](N2Cc3c(ccc4c3OCC43CCN(Cc4cccc(-c5cnn(C[C@@H]6COCCO6)c5)c4)CC3)C2=O)C(=O)N1. The number of nitrogens with one attached hydrogen (secondary N) is 1. The third-order valence-electron chi connectivity index (χ3n) is 10.1. The standard InChI is InChI=1S/C34H37N5O6/c40-30-7-6-29(32(41)36-30)39-19-27-26(33(39)42)4-5-28-31(27)45-21-34(28)8-10-37(11-9-34)16-22-2-1-3-23(14-22)24-15-35-38(17-24)18-25-20-43-12-13-44-25/h1-5,14-15,17,25,29H,6-13,16,18-21H2,(H,36,40,41)/t25-,29+/m1/s1. The zero-order valence-corrected chi connectivity index (χ0v) is 25.2. The number of nitrogens with zero attached hydrogens (tertiary/aromatic N) is 4. The molecule has 11 nitrogen and oxygen atoms in total. The van der Waals surface area contributed by atoms with Crippen molar-refractivity contribution < 1.29 is 28.6 Å². The van der Waals surface area contributed by atoms with E-state index in [2.05, 4.69) is 51.8 Å². The van der Waals surface area contributed by atoms with Crippen LogP contribution in [0, 0.1) is 0 Å². The molecule has 3 aromatic rings. The molecule has 3 saturated heterocycles. The van der Waals surface area contributed by atoms with Crippen molar-refractivity contribution in [2.45, 2.75) is 62.9 Å². The number of piperidine rings is 2. The molecule has 0 bridgehead atoms. The number of fused-ring (bicyclic) bond motifs is 4. The number of hydrogen-bond donors (Lipinski definition) is 1. The van der Waals surface area contributed by atoms with Gasteiger partial charge in [0, 0.05) is 46.8 Å². The molecule has 11 heteroatoms. The van der Waals surface area contributed by atoms with E-state index in [4.69, 9.17) is 14.2 Å². The Kier molecular flexibility index (Phi) is 7.19. The minimum absolute atomic E-state index is 0.0356. The molecule has 0 radical (unpaired) electrons. The Morgan fingerprint density at radius 2 is 1.93 bits per heavy atom. The largest absolute Gasteiger partial charge is 0.492 e. The molecule has 0 unspecified atom stereocenters. The maximum atomic E-state index is 13.3. The van der Waals surface area contributed by atoms with Crippen LogP contribution < -0.4 is 10.1 Å². The summed E-state index contributed by atoms with van der Waals surface area (Å²) in [6, 6.07) is 12.1. The Balaban J connectivity index is 0.918. The minimum Gasteiger partial charge on any atom is -0.492 e. The van der Waals surface area contributed by atoms with E-state index < -0.39 is 11.9 Å². The highest BCUT2D eigenvalue weighted by Crippen LogP contribution is 2.49. The van der Waals surface area contributed by atoms with Gasteiger partial charge >= 0.3 is 0 Å². The van der Waals surface area contributed by atoms with E-state index in [0.29, 0.717) is 51.5 Å². The van der Waals surface area contributed by atoms with Crippen LogP contribution in [0.4, 0.5) is 0 Å². The van der Waals surface area contributed by atoms with Gasteiger partial charge in [0.2, 0.25) is 11.8 Å². The molecule has 0 saturated carbocycles. The zero-order valence-electron chi connectivity index (χ0n) is 25.2. The summed E-state index contributed by atoms with van der Waals surface area (Å²) >= 11 is 0. The molecule has 6 heterocycles. The predicted molar refractivity (Wildman–Crippen MR) is 162 cm³/mol. The number of likely N-dealkylation sites (tertiary alicyclic amines) is 1. The van der Waals surface area contributed by atoms with Crippen LogP contribution >= 0.6 is 0 Å². The van der Waals surface area contributed by atoms with Gasteiger partial charge in [-0.15, -0.1) is 0 Å². The molecule has 3 amide bonds. The summed E-state index contributed by atoms with van der Waals surface area (Å²) in [5, 5.41) is 6.94. The topological polar surface area (TPSA) is 115 Å². The molecule has 3 fully saturated rings. The van der Waals surface area contributed by atoms with Crippen LogP contribution in [-0.2, 0) is 44.1 Å². The monoisotopic (exact) mass is 611 g/mol. The van der Waals surface area contributed by atoms with Crippen molar-refractivity contribution in [1.82, 2.24) is 24.9 Å². The van der Waals surface area contributed by atoms with Gasteiger partial charge in [-0.3, -0.25) is 29.3 Å². The Morgan fingerprint density at radius 3 is 2.76 bits per heavy atom. The summed E-state index contributed by atoms with van der Waals surface area (Å²) in [5.74, 6) is -0.0198. The van der Waals surface area contributed by atoms with Crippen molar-refractivity contribution in [2.75, 3.05) is 39.5 Å². The third-order valence-corrected chi connectivity index (χ3v) is 10.1. The van der Waals surface area contributed by atoms with Gasteiger partial charge in [0.05, 0.1) is 45.7 Å². The minimum atomic E-state index is -0.627. The second-order valence-electron chi connectivity index (χ2n) is 12.9. The third kappa shape index (κ3) is 5.22. The smallest absolute Gasteiger partial charge is 0.255 e. The first-order valence-electron chi connectivity index (χ1n) is 15.9. The maximum absolute atomic E-state index is 13.3. The number of ether oxygens (including phenoxy) is 3. The number of imide groups is 1. The first-order valence-corrected chi connectivity index (χ1v) is 15.9. The van der Waals surface area contributed by atoms with Gasteiger partial charge in [0.25, 0.3) is 5.91 Å². The number of aromatic nitrogens is 2. The van der Waals surface area contributed by atoms with Gasteiger partial charge in [-0.05, 0) is 55.6 Å². The fourth-order valence-electron chi connectivity index (χ4n) is 7.61. The Bertz CT molecular complexity index is 1650. The molecule has 1 aromatic heterocycles. The Morgan fingerprint density at radius 1 is 1.04 bits per heavy atom. The first kappa shape index (κ1) is 28.4. The summed E-state index contributed by atoms with van der Waals surface area (Å²) in [5.41, 5.74) is 6.11. The normalized spacial score (nSPS) is 24.4. The predicted octanol–water partition coefficient (Wildman–Crippen LogP) is 2.65. The molecule has 5 aliphatic rings. The second kappa shape index (κ2) is 11.4. The second-order valence-corrected chi connectivity index (χ2v) is 12.9. The van der Waals surface area contributed by atoms with Crippen LogP contribution in [0.3, 0.4) is 0 Å². The zero-order chi connectivity index (χ0) is 30.5. The highest BCUT2D eigenvalue weighted by molar-refractivity contribution is 6.05. The van der Waals surface area contributed by atoms with E-state index in [-0.39, 0.29) is 29.8 Å². The van der Waals surface area contributed by atoms with Crippen molar-refractivity contribution in [2.24, 2.45) is 0 Å². The van der Waals surface area contributed by atoms with E-state index in [1.807, 2.05) is 16.9 Å². The summed E-state index contributed by atoms with van der Waals surface area (Å²) in [4.78, 5) is 41.6. The van der Waals surface area contributed by atoms with Crippen LogP contribution in [0.1, 0.15) is 52.7 Å². The molecule has 1 spiro atoms. The average Bonchev–Trinajstić information content (AvgIpc) is 3.76. The number of carbonyl (C=O) groups excluding carboxylic acids is 3. The van der Waals surface area contributed by atoms with Gasteiger partial charge in [0.15, 0.2) is 0 Å². The number of benzene rings is 2. The highest BCUT2D eigenvalue weighted by Gasteiger charge is 2.47. The molecule has 234 valence electrons. The molecule has 5 aliphatic heterocycles. The fourth-order valence-corrected chi connectivity index (χ4v) is 7.61. The summed E-state index contributed by atoms with van der Waals surface area (Å²) in [7, 11) is 0. The van der Waals surface area contributed by atoms with Crippen LogP contribution in [0.15, 0.2) is 48.8 Å². The van der Waals surface area contributed by atoms with E-state index in [9.17, 15) is 14.4 Å². The van der Waals surface area contributed by atoms with Gasteiger partial charge in [-0.1, -0.05) is 24.3 Å². The van der Waals surface area contributed by atoms with Crippen molar-refractivity contribution >= 4 is 17.7 Å². The van der Waals surface area contributed by atoms with Crippen molar-refractivity contribution in [1.29, 1.82) is 0 Å². The molecular weight excluding hydrogens is 574 g/mol. The lowest BCUT2D eigenvalue weighted by Gasteiger charge is -2.38. The number of carbonyl (C=O) groups is 3. The number of hydrogen-bond acceptors (Lipinski definition) is 8. The van der Waals surface area contributed by atoms with E-state index in [1.165, 1.54) is 11.1 Å². The lowest BCUT2D eigenvalue weighted by Crippen LogP contribution is -2.52. The Labute approximate surface area is 261 Å². The highest BCUT2D eigenvalue weighted by atomic mass is 16.6. The fraction of sp³-hybridized carbons (Fsp3) is 0.471. The molecule has 2 atom stereocenters. The molecular formula is C34H37N5O6. The summed E-state index contributed by atoms with van der Waals surface area (Å²) in [6.07, 6.45) is 6.57. The van der Waals surface area contributed by atoms with Crippen LogP contribution in [0.25, 0.3) is 11.1 Å². The maximum Gasteiger partial charge on any atom is 0.255 e. The Hall–Kier alpha value is -4.06. The molecule has 1 N–H and O–H groups in total. The lowest BCUT2D eigenvalue weighted by atomic mass is 9.74. The molecule has 8 rings (SSSR count). The quantitative estimate of drug-likeness (QED) is 0.424. The molecule has 2 aromatic carbocycles. The number of rotatable bonds is 6. The van der Waals surface area contributed by atoms with Crippen LogP contribution in [0.2, 0.25) is 0 Å². The number of amides is 3. The molecule has 0 aliphatic carbocycles. The van der Waals surface area contributed by atoms with Gasteiger partial charge in [-0.25, -0.2) is 0 Å². The summed E-state index contributed by atoms with van der Waals surface area (Å²) in [6.45, 7) is 6.29. The van der Waals surface area contributed by atoms with Crippen LogP contribution in [0.5, 0.6) is 5.75 Å². The van der Waals surface area contributed by atoms with E-state index >= 15 is 0 Å². The van der Waals surface area contributed by atoms with Crippen molar-refractivity contribution in [3.8, 4) is 16.9 Å². The van der Waals surface area contributed by atoms with Crippen molar-refractivity contribution in [3.05, 3.63) is 71.0 Å². The average molecular weight is 612 g/mol. The van der Waals surface area contributed by atoms with Gasteiger partial charge in [-0.2, -0.15) is 5.10 Å². The lowest BCUT2D eigenvalue weighted by molar-refractivity contribution is -0.136.